The molecule has 1 aliphatic heterocycles. The molecule has 3 heteroatoms. The third kappa shape index (κ3) is 3.01. The van der Waals surface area contributed by atoms with Crippen LogP contribution in [0.4, 0.5) is 0 Å². The van der Waals surface area contributed by atoms with Crippen LogP contribution in [0, 0.1) is 0 Å². The molecule has 0 aromatic heterocycles. The van der Waals surface area contributed by atoms with E-state index in [-0.39, 0.29) is 0 Å². The highest BCUT2D eigenvalue weighted by atomic mass is 35.5. The van der Waals surface area contributed by atoms with Gasteiger partial charge in [0, 0.05) is 23.7 Å². The van der Waals surface area contributed by atoms with Gasteiger partial charge in [-0.1, -0.05) is 23.7 Å². The first-order valence-corrected chi connectivity index (χ1v) is 6.65. The van der Waals surface area contributed by atoms with Crippen LogP contribution in [-0.2, 0) is 0 Å². The van der Waals surface area contributed by atoms with Crippen molar-refractivity contribution >= 4 is 11.6 Å². The minimum Gasteiger partial charge on any atom is -0.387 e. The molecule has 1 aliphatic rings. The lowest BCUT2D eigenvalue weighted by Crippen LogP contribution is -2.36. The number of nitrogens with zero attached hydrogens (tertiary/aromatic N) is 1. The molecule has 0 radical (unpaired) electrons. The van der Waals surface area contributed by atoms with E-state index in [2.05, 4.69) is 18.7 Å². The van der Waals surface area contributed by atoms with Crippen LogP contribution in [0.3, 0.4) is 0 Å². The van der Waals surface area contributed by atoms with Gasteiger partial charge in [-0.3, -0.25) is 4.90 Å². The molecular formula is C14H20ClNO. The van der Waals surface area contributed by atoms with Crippen molar-refractivity contribution in [3.63, 3.8) is 0 Å². The maximum atomic E-state index is 10.2. The van der Waals surface area contributed by atoms with Crippen molar-refractivity contribution in [3.8, 4) is 0 Å². The molecule has 3 unspecified atom stereocenters. The first-order valence-electron chi connectivity index (χ1n) is 6.27. The Bertz CT molecular complexity index is 372. The molecule has 1 aromatic carbocycles. The summed E-state index contributed by atoms with van der Waals surface area (Å²) in [6, 6.07) is 8.63. The summed E-state index contributed by atoms with van der Waals surface area (Å²) in [7, 11) is 0. The number of β-amino-alcohol motifs (C(OH)–C–C–N with tert-alkyl or cyclic N) is 1. The molecule has 0 amide bonds. The minimum atomic E-state index is -0.448. The number of aliphatic hydroxyl groups is 1. The zero-order valence-corrected chi connectivity index (χ0v) is 11.2. The summed E-state index contributed by atoms with van der Waals surface area (Å²) < 4.78 is 0. The number of aliphatic hydroxyl groups excluding tert-OH is 1. The maximum absolute atomic E-state index is 10.2. The first kappa shape index (κ1) is 12.9. The predicted octanol–water partition coefficient (Wildman–Crippen LogP) is 3.25. The van der Waals surface area contributed by atoms with E-state index in [1.807, 2.05) is 24.3 Å². The normalized spacial score (nSPS) is 27.3. The van der Waals surface area contributed by atoms with Gasteiger partial charge in [-0.05, 0) is 44.4 Å². The van der Waals surface area contributed by atoms with E-state index in [4.69, 9.17) is 11.6 Å². The van der Waals surface area contributed by atoms with Crippen LogP contribution in [0.1, 0.15) is 38.4 Å². The molecule has 0 saturated carbocycles. The largest absolute Gasteiger partial charge is 0.387 e. The molecule has 1 aromatic rings. The Morgan fingerprint density at radius 1 is 1.35 bits per heavy atom. The van der Waals surface area contributed by atoms with E-state index in [9.17, 15) is 5.11 Å². The van der Waals surface area contributed by atoms with E-state index in [1.54, 1.807) is 0 Å². The lowest BCUT2D eigenvalue weighted by atomic mass is 10.1. The van der Waals surface area contributed by atoms with Crippen LogP contribution in [0.5, 0.6) is 0 Å². The molecule has 1 N–H and O–H groups in total. The first-order chi connectivity index (χ1) is 8.08. The topological polar surface area (TPSA) is 23.5 Å². The van der Waals surface area contributed by atoms with Gasteiger partial charge >= 0.3 is 0 Å². The Morgan fingerprint density at radius 2 is 2.00 bits per heavy atom. The highest BCUT2D eigenvalue weighted by Crippen LogP contribution is 2.27. The number of likely N-dealkylation sites (tertiary alicyclic amines) is 1. The molecule has 94 valence electrons. The van der Waals surface area contributed by atoms with Crippen molar-refractivity contribution in [2.45, 2.75) is 44.9 Å². The van der Waals surface area contributed by atoms with Gasteiger partial charge in [-0.2, -0.15) is 0 Å². The molecule has 1 saturated heterocycles. The highest BCUT2D eigenvalue weighted by molar-refractivity contribution is 6.30. The molecule has 2 rings (SSSR count). The highest BCUT2D eigenvalue weighted by Gasteiger charge is 2.28. The van der Waals surface area contributed by atoms with Gasteiger partial charge in [0.05, 0.1) is 6.10 Å². The standard InChI is InChI=1S/C14H20ClNO/c1-10-6-7-11(2)16(10)9-14(17)12-4-3-5-13(15)8-12/h3-5,8,10-11,14,17H,6-7,9H2,1-2H3. The molecule has 1 fully saturated rings. The molecule has 0 spiro atoms. The quantitative estimate of drug-likeness (QED) is 0.894. The third-order valence-electron chi connectivity index (χ3n) is 3.75. The zero-order chi connectivity index (χ0) is 12.4. The zero-order valence-electron chi connectivity index (χ0n) is 10.4. The number of benzene rings is 1. The monoisotopic (exact) mass is 253 g/mol. The Labute approximate surface area is 108 Å². The summed E-state index contributed by atoms with van der Waals surface area (Å²) in [5, 5.41) is 10.9. The summed E-state index contributed by atoms with van der Waals surface area (Å²) in [4.78, 5) is 2.38. The fourth-order valence-electron chi connectivity index (χ4n) is 2.63. The Hall–Kier alpha value is -0.570. The van der Waals surface area contributed by atoms with Crippen molar-refractivity contribution in [1.29, 1.82) is 0 Å². The maximum Gasteiger partial charge on any atom is 0.0917 e. The van der Waals surface area contributed by atoms with E-state index in [0.29, 0.717) is 23.7 Å². The third-order valence-corrected chi connectivity index (χ3v) is 3.99. The predicted molar refractivity (Wildman–Crippen MR) is 71.3 cm³/mol. The lowest BCUT2D eigenvalue weighted by Gasteiger charge is -2.28. The molecule has 0 aliphatic carbocycles. The fraction of sp³-hybridized carbons (Fsp3) is 0.571. The van der Waals surface area contributed by atoms with E-state index in [0.717, 1.165) is 5.56 Å². The van der Waals surface area contributed by atoms with Gasteiger partial charge in [0.25, 0.3) is 0 Å². The van der Waals surface area contributed by atoms with Gasteiger partial charge in [0.15, 0.2) is 0 Å². The molecule has 3 atom stereocenters. The van der Waals surface area contributed by atoms with E-state index < -0.39 is 6.10 Å². The van der Waals surface area contributed by atoms with Crippen LogP contribution < -0.4 is 0 Å². The van der Waals surface area contributed by atoms with Crippen molar-refractivity contribution < 1.29 is 5.11 Å². The van der Waals surface area contributed by atoms with Crippen molar-refractivity contribution in [1.82, 2.24) is 4.90 Å². The van der Waals surface area contributed by atoms with Crippen LogP contribution >= 0.6 is 11.6 Å². The summed E-state index contributed by atoms with van der Waals surface area (Å²) in [6.07, 6.45) is 2.00. The molecule has 17 heavy (non-hydrogen) atoms. The summed E-state index contributed by atoms with van der Waals surface area (Å²) in [5.41, 5.74) is 0.906. The molecule has 2 nitrogen and oxygen atoms in total. The average molecular weight is 254 g/mol. The molecule has 1 heterocycles. The summed E-state index contributed by atoms with van der Waals surface area (Å²) in [5.74, 6) is 0. The Morgan fingerprint density at radius 3 is 2.59 bits per heavy atom. The number of rotatable bonds is 3. The van der Waals surface area contributed by atoms with Crippen LogP contribution in [0.2, 0.25) is 5.02 Å². The average Bonchev–Trinajstić information content (AvgIpc) is 2.61. The summed E-state index contributed by atoms with van der Waals surface area (Å²) >= 11 is 5.94. The van der Waals surface area contributed by atoms with Crippen LogP contribution in [0.25, 0.3) is 0 Å². The van der Waals surface area contributed by atoms with Crippen LogP contribution in [-0.4, -0.2) is 28.6 Å². The number of hydrogen-bond acceptors (Lipinski definition) is 2. The van der Waals surface area contributed by atoms with Crippen LogP contribution in [0.15, 0.2) is 24.3 Å². The smallest absolute Gasteiger partial charge is 0.0917 e. The second-order valence-electron chi connectivity index (χ2n) is 5.04. The molecular weight excluding hydrogens is 234 g/mol. The fourth-order valence-corrected chi connectivity index (χ4v) is 2.83. The second kappa shape index (κ2) is 5.38. The van der Waals surface area contributed by atoms with Gasteiger partial charge in [-0.15, -0.1) is 0 Å². The van der Waals surface area contributed by atoms with Crippen molar-refractivity contribution in [2.24, 2.45) is 0 Å². The number of halogens is 1. The Kier molecular flexibility index (Phi) is 4.08. The lowest BCUT2D eigenvalue weighted by molar-refractivity contribution is 0.0913. The van der Waals surface area contributed by atoms with E-state index >= 15 is 0 Å². The van der Waals surface area contributed by atoms with Crippen molar-refractivity contribution in [2.75, 3.05) is 6.54 Å². The van der Waals surface area contributed by atoms with Gasteiger partial charge in [0.1, 0.15) is 0 Å². The van der Waals surface area contributed by atoms with Gasteiger partial charge in [0.2, 0.25) is 0 Å². The van der Waals surface area contributed by atoms with Gasteiger partial charge < -0.3 is 5.11 Å². The van der Waals surface area contributed by atoms with Gasteiger partial charge in [-0.25, -0.2) is 0 Å². The summed E-state index contributed by atoms with van der Waals surface area (Å²) in [6.45, 7) is 5.16. The Balaban J connectivity index is 2.03. The van der Waals surface area contributed by atoms with Crippen molar-refractivity contribution in [3.05, 3.63) is 34.9 Å². The second-order valence-corrected chi connectivity index (χ2v) is 5.48. The minimum absolute atomic E-state index is 0.448. The van der Waals surface area contributed by atoms with E-state index in [1.165, 1.54) is 12.8 Å². The SMILES string of the molecule is CC1CCC(C)N1CC(O)c1cccc(Cl)c1. The molecule has 0 bridgehead atoms. The number of hydrogen-bond donors (Lipinski definition) is 1.